The van der Waals surface area contributed by atoms with Crippen LogP contribution in [0.15, 0.2) is 0 Å². The zero-order valence-corrected chi connectivity index (χ0v) is 12.2. The van der Waals surface area contributed by atoms with Crippen LogP contribution in [0.1, 0.15) is 48.3 Å². The first kappa shape index (κ1) is 14.6. The number of thiazole rings is 1. The molecular weight excluding hydrogens is 230 g/mol. The third kappa shape index (κ3) is 4.74. The second kappa shape index (κ2) is 7.09. The summed E-state index contributed by atoms with van der Waals surface area (Å²) in [4.78, 5) is 5.84. The summed E-state index contributed by atoms with van der Waals surface area (Å²) in [6.07, 6.45) is 2.33. The van der Waals surface area contributed by atoms with Crippen molar-refractivity contribution >= 4 is 11.3 Å². The average molecular weight is 255 g/mol. The third-order valence-electron chi connectivity index (χ3n) is 3.01. The molecule has 0 fully saturated rings. The monoisotopic (exact) mass is 255 g/mol. The zero-order valence-electron chi connectivity index (χ0n) is 11.4. The van der Waals surface area contributed by atoms with E-state index < -0.39 is 0 Å². The number of nitrogens with two attached hydrogens (primary N) is 1. The summed E-state index contributed by atoms with van der Waals surface area (Å²) in [5.74, 6) is 0.690. The van der Waals surface area contributed by atoms with Crippen LogP contribution in [0.5, 0.6) is 0 Å². The van der Waals surface area contributed by atoms with E-state index in [-0.39, 0.29) is 0 Å². The van der Waals surface area contributed by atoms with Crippen molar-refractivity contribution in [1.82, 2.24) is 10.3 Å². The van der Waals surface area contributed by atoms with Gasteiger partial charge in [0.15, 0.2) is 0 Å². The average Bonchev–Trinajstić information content (AvgIpc) is 2.62. The summed E-state index contributed by atoms with van der Waals surface area (Å²) < 4.78 is 0. The van der Waals surface area contributed by atoms with Gasteiger partial charge >= 0.3 is 0 Å². The molecule has 0 amide bonds. The van der Waals surface area contributed by atoms with Gasteiger partial charge in [-0.3, -0.25) is 0 Å². The lowest BCUT2D eigenvalue weighted by Crippen LogP contribution is -2.24. The molecule has 0 aliphatic rings. The van der Waals surface area contributed by atoms with Gasteiger partial charge < -0.3 is 11.1 Å². The molecule has 3 N–H and O–H groups in total. The largest absolute Gasteiger partial charge is 0.330 e. The lowest BCUT2D eigenvalue weighted by atomic mass is 10.1. The Balaban J connectivity index is 2.39. The second-order valence-corrected chi connectivity index (χ2v) is 6.08. The van der Waals surface area contributed by atoms with Gasteiger partial charge in [-0.1, -0.05) is 6.92 Å². The standard InChI is InChI=1S/C13H25N3S/c1-9(6-5-7-14)8-15-10(2)13-11(3)16-12(4)17-13/h9-10,15H,5-8,14H2,1-4H3. The van der Waals surface area contributed by atoms with Gasteiger partial charge in [0.2, 0.25) is 0 Å². The molecule has 1 heterocycles. The molecule has 0 radical (unpaired) electrons. The fraction of sp³-hybridized carbons (Fsp3) is 0.769. The Kier molecular flexibility index (Phi) is 6.09. The molecule has 1 aromatic rings. The summed E-state index contributed by atoms with van der Waals surface area (Å²) in [6, 6.07) is 0.404. The molecular formula is C13H25N3S. The Morgan fingerprint density at radius 3 is 2.59 bits per heavy atom. The van der Waals surface area contributed by atoms with Gasteiger partial charge in [-0.15, -0.1) is 11.3 Å². The molecule has 0 aliphatic heterocycles. The van der Waals surface area contributed by atoms with Crippen molar-refractivity contribution in [3.05, 3.63) is 15.6 Å². The van der Waals surface area contributed by atoms with Crippen LogP contribution in [-0.4, -0.2) is 18.1 Å². The van der Waals surface area contributed by atoms with Crippen LogP contribution in [0.4, 0.5) is 0 Å². The Labute approximate surface area is 109 Å². The molecule has 0 bridgehead atoms. The van der Waals surface area contributed by atoms with Gasteiger partial charge in [0.05, 0.1) is 10.7 Å². The van der Waals surface area contributed by atoms with Gasteiger partial charge in [-0.05, 0) is 52.6 Å². The number of nitrogens with one attached hydrogen (secondary N) is 1. The topological polar surface area (TPSA) is 50.9 Å². The lowest BCUT2D eigenvalue weighted by Gasteiger charge is -2.17. The van der Waals surface area contributed by atoms with Crippen molar-refractivity contribution in [2.45, 2.75) is 46.6 Å². The van der Waals surface area contributed by atoms with E-state index in [2.05, 4.69) is 38.0 Å². The summed E-state index contributed by atoms with van der Waals surface area (Å²) in [5.41, 5.74) is 6.69. The van der Waals surface area contributed by atoms with Crippen molar-refractivity contribution in [2.24, 2.45) is 11.7 Å². The molecule has 17 heavy (non-hydrogen) atoms. The molecule has 0 aliphatic carbocycles. The maximum absolute atomic E-state index is 5.52. The van der Waals surface area contributed by atoms with Gasteiger partial charge in [0.1, 0.15) is 0 Å². The minimum Gasteiger partial charge on any atom is -0.330 e. The normalized spacial score (nSPS) is 14.9. The first-order chi connectivity index (χ1) is 8.04. The highest BCUT2D eigenvalue weighted by Crippen LogP contribution is 2.24. The van der Waals surface area contributed by atoms with Gasteiger partial charge in [-0.25, -0.2) is 4.98 Å². The van der Waals surface area contributed by atoms with Crippen molar-refractivity contribution in [3.8, 4) is 0 Å². The van der Waals surface area contributed by atoms with E-state index >= 15 is 0 Å². The number of hydrogen-bond donors (Lipinski definition) is 2. The molecule has 2 unspecified atom stereocenters. The maximum Gasteiger partial charge on any atom is 0.0900 e. The van der Waals surface area contributed by atoms with Crippen LogP contribution >= 0.6 is 11.3 Å². The lowest BCUT2D eigenvalue weighted by molar-refractivity contribution is 0.441. The van der Waals surface area contributed by atoms with E-state index in [0.717, 1.165) is 24.5 Å². The van der Waals surface area contributed by atoms with Crippen LogP contribution in [0.25, 0.3) is 0 Å². The van der Waals surface area contributed by atoms with Gasteiger partial charge in [0, 0.05) is 10.9 Å². The second-order valence-electron chi connectivity index (χ2n) is 4.85. The van der Waals surface area contributed by atoms with Crippen LogP contribution in [-0.2, 0) is 0 Å². The van der Waals surface area contributed by atoms with Gasteiger partial charge in [0.25, 0.3) is 0 Å². The Hall–Kier alpha value is -0.450. The van der Waals surface area contributed by atoms with E-state index in [1.165, 1.54) is 17.0 Å². The molecule has 1 rings (SSSR count). The van der Waals surface area contributed by atoms with Crippen molar-refractivity contribution < 1.29 is 0 Å². The third-order valence-corrected chi connectivity index (χ3v) is 4.26. The summed E-state index contributed by atoms with van der Waals surface area (Å²) >= 11 is 1.80. The Morgan fingerprint density at radius 1 is 1.35 bits per heavy atom. The smallest absolute Gasteiger partial charge is 0.0900 e. The summed E-state index contributed by atoms with van der Waals surface area (Å²) in [6.45, 7) is 10.5. The Bertz CT molecular complexity index is 335. The maximum atomic E-state index is 5.52. The van der Waals surface area contributed by atoms with Crippen LogP contribution in [0.3, 0.4) is 0 Å². The predicted molar refractivity (Wildman–Crippen MR) is 75.5 cm³/mol. The van der Waals surface area contributed by atoms with Gasteiger partial charge in [-0.2, -0.15) is 0 Å². The molecule has 0 saturated carbocycles. The number of rotatable bonds is 7. The van der Waals surface area contributed by atoms with Crippen LogP contribution in [0.2, 0.25) is 0 Å². The SMILES string of the molecule is Cc1nc(C)c(C(C)NCC(C)CCCN)s1. The van der Waals surface area contributed by atoms with Crippen molar-refractivity contribution in [2.75, 3.05) is 13.1 Å². The van der Waals surface area contributed by atoms with Crippen LogP contribution in [0, 0.1) is 19.8 Å². The molecule has 0 spiro atoms. The predicted octanol–water partition coefficient (Wildman–Crippen LogP) is 2.79. The van der Waals surface area contributed by atoms with Crippen molar-refractivity contribution in [1.29, 1.82) is 0 Å². The molecule has 0 saturated heterocycles. The van der Waals surface area contributed by atoms with Crippen LogP contribution < -0.4 is 11.1 Å². The highest BCUT2D eigenvalue weighted by molar-refractivity contribution is 7.11. The minimum atomic E-state index is 0.404. The molecule has 2 atom stereocenters. The van der Waals surface area contributed by atoms with E-state index in [9.17, 15) is 0 Å². The molecule has 4 heteroatoms. The molecule has 98 valence electrons. The molecule has 1 aromatic heterocycles. The number of nitrogens with zero attached hydrogens (tertiary/aromatic N) is 1. The van der Waals surface area contributed by atoms with E-state index in [4.69, 9.17) is 5.73 Å². The van der Waals surface area contributed by atoms with Crippen molar-refractivity contribution in [3.63, 3.8) is 0 Å². The number of aryl methyl sites for hydroxylation is 2. The van der Waals surface area contributed by atoms with E-state index in [1.54, 1.807) is 11.3 Å². The van der Waals surface area contributed by atoms with E-state index in [1.807, 2.05) is 0 Å². The zero-order chi connectivity index (χ0) is 12.8. The quantitative estimate of drug-likeness (QED) is 0.787. The number of hydrogen-bond acceptors (Lipinski definition) is 4. The minimum absolute atomic E-state index is 0.404. The summed E-state index contributed by atoms with van der Waals surface area (Å²) in [7, 11) is 0. The first-order valence-electron chi connectivity index (χ1n) is 6.42. The molecule has 0 aromatic carbocycles. The molecule has 3 nitrogen and oxygen atoms in total. The number of aromatic nitrogens is 1. The first-order valence-corrected chi connectivity index (χ1v) is 7.23. The fourth-order valence-corrected chi connectivity index (χ4v) is 2.94. The Morgan fingerprint density at radius 2 is 2.06 bits per heavy atom. The van der Waals surface area contributed by atoms with E-state index in [0.29, 0.717) is 12.0 Å². The highest BCUT2D eigenvalue weighted by Gasteiger charge is 2.13. The fourth-order valence-electron chi connectivity index (χ4n) is 1.99. The highest BCUT2D eigenvalue weighted by atomic mass is 32.1. The summed E-state index contributed by atoms with van der Waals surface area (Å²) in [5, 5.41) is 4.75.